The van der Waals surface area contributed by atoms with Crippen LogP contribution in [-0.4, -0.2) is 28.4 Å². The van der Waals surface area contributed by atoms with Crippen LogP contribution in [0, 0.1) is 12.3 Å². The lowest BCUT2D eigenvalue weighted by Crippen LogP contribution is -2.39. The van der Waals surface area contributed by atoms with Gasteiger partial charge in [0.2, 0.25) is 0 Å². The van der Waals surface area contributed by atoms with Crippen molar-refractivity contribution < 1.29 is 9.59 Å². The van der Waals surface area contributed by atoms with Crippen molar-refractivity contribution in [1.82, 2.24) is 10.2 Å². The maximum atomic E-state index is 13.8. The van der Waals surface area contributed by atoms with Crippen LogP contribution in [0.25, 0.3) is 21.9 Å². The largest absolute Gasteiger partial charge is 0.344 e. The van der Waals surface area contributed by atoms with Crippen LogP contribution in [0.1, 0.15) is 50.5 Å². The summed E-state index contributed by atoms with van der Waals surface area (Å²) >= 11 is 0. The van der Waals surface area contributed by atoms with Gasteiger partial charge in [-0.05, 0) is 53.3 Å². The molecule has 2 aliphatic rings. The Morgan fingerprint density at radius 1 is 0.761 bits per heavy atom. The van der Waals surface area contributed by atoms with E-state index in [0.29, 0.717) is 33.9 Å². The number of nitrogens with zero attached hydrogens (tertiary/aromatic N) is 3. The van der Waals surface area contributed by atoms with Gasteiger partial charge in [-0.15, -0.1) is 6.42 Å². The van der Waals surface area contributed by atoms with Gasteiger partial charge in [-0.2, -0.15) is 0 Å². The predicted molar refractivity (Wildman–Crippen MR) is 183 cm³/mol. The monoisotopic (exact) mass is 596 g/mol. The Labute approximate surface area is 267 Å². The Hall–Kier alpha value is -6.32. The molecule has 0 aromatic heterocycles. The number of nitrogens with one attached hydrogen (secondary N) is 1. The summed E-state index contributed by atoms with van der Waals surface area (Å²) in [5, 5.41) is 4.81. The van der Waals surface area contributed by atoms with E-state index >= 15 is 0 Å². The molecule has 2 amide bonds. The second kappa shape index (κ2) is 12.0. The van der Waals surface area contributed by atoms with Crippen molar-refractivity contribution in [2.75, 3.05) is 0 Å². The highest BCUT2D eigenvalue weighted by atomic mass is 16.2. The molecule has 1 atom stereocenters. The minimum absolute atomic E-state index is 0.340. The van der Waals surface area contributed by atoms with Crippen molar-refractivity contribution in [3.05, 3.63) is 167 Å². The van der Waals surface area contributed by atoms with Crippen molar-refractivity contribution >= 4 is 34.3 Å². The SMILES string of the molecule is C#C/C=C(\C=C/C)N1C(=O)c2cccc3c(C4=NC(c5ccccc5)NC(c5ccc(-c6ccccc6)cc5)=N4)ccc(c23)C1=O. The molecule has 5 aromatic rings. The molecular weight excluding hydrogens is 568 g/mol. The summed E-state index contributed by atoms with van der Waals surface area (Å²) in [6, 6.07) is 37.5. The summed E-state index contributed by atoms with van der Waals surface area (Å²) < 4.78 is 0. The molecule has 0 fully saturated rings. The second-order valence-corrected chi connectivity index (χ2v) is 10.9. The molecular formula is C40H28N4O2. The van der Waals surface area contributed by atoms with E-state index in [0.717, 1.165) is 38.1 Å². The van der Waals surface area contributed by atoms with Gasteiger partial charge in [0.05, 0.1) is 5.70 Å². The molecule has 6 nitrogen and oxygen atoms in total. The number of allylic oxidation sites excluding steroid dienone is 3. The van der Waals surface area contributed by atoms with E-state index in [2.05, 4.69) is 47.6 Å². The minimum Gasteiger partial charge on any atom is -0.344 e. The van der Waals surface area contributed by atoms with Crippen LogP contribution in [0.3, 0.4) is 0 Å². The Bertz CT molecular complexity index is 2150. The van der Waals surface area contributed by atoms with Crippen molar-refractivity contribution in [1.29, 1.82) is 0 Å². The van der Waals surface area contributed by atoms with Crippen molar-refractivity contribution in [3.8, 4) is 23.5 Å². The molecule has 1 unspecified atom stereocenters. The van der Waals surface area contributed by atoms with Crippen molar-refractivity contribution in [2.24, 2.45) is 9.98 Å². The van der Waals surface area contributed by atoms with Gasteiger partial charge in [-0.25, -0.2) is 14.9 Å². The van der Waals surface area contributed by atoms with E-state index in [-0.39, 0.29) is 0 Å². The van der Waals surface area contributed by atoms with E-state index in [1.54, 1.807) is 31.2 Å². The van der Waals surface area contributed by atoms with Crippen LogP contribution < -0.4 is 5.32 Å². The zero-order valence-electron chi connectivity index (χ0n) is 25.0. The quantitative estimate of drug-likeness (QED) is 0.124. The van der Waals surface area contributed by atoms with E-state index in [9.17, 15) is 9.59 Å². The molecule has 46 heavy (non-hydrogen) atoms. The van der Waals surface area contributed by atoms with Gasteiger partial charge in [-0.1, -0.05) is 109 Å². The summed E-state index contributed by atoms with van der Waals surface area (Å²) in [5.41, 5.74) is 6.03. The molecule has 2 aliphatic heterocycles. The Morgan fingerprint density at radius 2 is 1.39 bits per heavy atom. The van der Waals surface area contributed by atoms with Crippen LogP contribution in [0.4, 0.5) is 0 Å². The van der Waals surface area contributed by atoms with E-state index in [1.165, 1.54) is 6.08 Å². The number of amides is 2. The minimum atomic E-state index is -0.433. The number of hydrogen-bond acceptors (Lipinski definition) is 5. The van der Waals surface area contributed by atoms with Crippen molar-refractivity contribution in [2.45, 2.75) is 13.1 Å². The van der Waals surface area contributed by atoms with Gasteiger partial charge >= 0.3 is 0 Å². The van der Waals surface area contributed by atoms with Gasteiger partial charge in [-0.3, -0.25) is 9.59 Å². The summed E-state index contributed by atoms with van der Waals surface area (Å²) in [4.78, 5) is 38.8. The topological polar surface area (TPSA) is 74.1 Å². The van der Waals surface area contributed by atoms with Crippen LogP contribution >= 0.6 is 0 Å². The first-order valence-electron chi connectivity index (χ1n) is 14.9. The maximum absolute atomic E-state index is 13.8. The number of benzene rings is 5. The van der Waals surface area contributed by atoms with Gasteiger partial charge in [0.1, 0.15) is 12.0 Å². The number of carbonyl (C=O) groups is 2. The molecule has 5 aromatic carbocycles. The average molecular weight is 597 g/mol. The van der Waals surface area contributed by atoms with Crippen LogP contribution in [0.2, 0.25) is 0 Å². The first kappa shape index (κ1) is 28.5. The smallest absolute Gasteiger partial charge is 0.266 e. The van der Waals surface area contributed by atoms with E-state index < -0.39 is 18.0 Å². The third-order valence-corrected chi connectivity index (χ3v) is 8.10. The first-order valence-corrected chi connectivity index (χ1v) is 14.9. The summed E-state index contributed by atoms with van der Waals surface area (Å²) in [7, 11) is 0. The van der Waals surface area contributed by atoms with Crippen LogP contribution in [-0.2, 0) is 0 Å². The van der Waals surface area contributed by atoms with Gasteiger partial charge in [0, 0.05) is 33.7 Å². The third-order valence-electron chi connectivity index (χ3n) is 8.10. The number of aliphatic imine (C=N–C) groups is 2. The standard InChI is InChI=1S/C40H28N4O2/c1-3-12-30(13-4-2)44-39(45)33-19-11-18-31-32(24-25-34(35(31)33)40(44)46)38-42-36(28-16-9-6-10-17-28)41-37(43-38)29-22-20-27(21-23-29)26-14-7-5-8-15-26/h1,4-25,36H,2H3,(H,41,42,43)/b13-4-,30-12+. The molecule has 1 N–H and O–H groups in total. The number of carbonyl (C=O) groups excluding carboxylic acids is 2. The zero-order chi connectivity index (χ0) is 31.6. The Kier molecular flexibility index (Phi) is 7.42. The number of terminal acetylenes is 1. The number of rotatable bonds is 6. The molecule has 0 saturated carbocycles. The van der Waals surface area contributed by atoms with E-state index in [4.69, 9.17) is 16.4 Å². The lowest BCUT2D eigenvalue weighted by molar-refractivity contribution is 0.0668. The maximum Gasteiger partial charge on any atom is 0.266 e. The lowest BCUT2D eigenvalue weighted by atomic mass is 9.90. The zero-order valence-corrected chi connectivity index (χ0v) is 25.0. The third kappa shape index (κ3) is 5.00. The molecule has 6 heteroatoms. The summed E-state index contributed by atoms with van der Waals surface area (Å²) in [6.45, 7) is 1.80. The molecule has 0 spiro atoms. The number of amidine groups is 2. The fraction of sp³-hybridized carbons (Fsp3) is 0.0500. The highest BCUT2D eigenvalue weighted by Gasteiger charge is 2.35. The van der Waals surface area contributed by atoms with Crippen LogP contribution in [0.5, 0.6) is 0 Å². The molecule has 0 bridgehead atoms. The van der Waals surface area contributed by atoms with Crippen molar-refractivity contribution in [3.63, 3.8) is 0 Å². The molecule has 0 saturated heterocycles. The second-order valence-electron chi connectivity index (χ2n) is 10.9. The first-order chi connectivity index (χ1) is 22.6. The van der Waals surface area contributed by atoms with Gasteiger partial charge < -0.3 is 5.32 Å². The molecule has 0 radical (unpaired) electrons. The Balaban J connectivity index is 1.35. The average Bonchev–Trinajstić information content (AvgIpc) is 3.11. The number of imide groups is 1. The molecule has 2 heterocycles. The normalized spacial score (nSPS) is 16.2. The van der Waals surface area contributed by atoms with E-state index in [1.807, 2.05) is 66.7 Å². The van der Waals surface area contributed by atoms with Gasteiger partial charge in [0.25, 0.3) is 11.8 Å². The molecule has 0 aliphatic carbocycles. The summed E-state index contributed by atoms with van der Waals surface area (Å²) in [6.07, 6.45) is 9.95. The molecule has 220 valence electrons. The predicted octanol–water partition coefficient (Wildman–Crippen LogP) is 7.69. The lowest BCUT2D eigenvalue weighted by Gasteiger charge is -2.29. The Morgan fingerprint density at radius 3 is 2.09 bits per heavy atom. The van der Waals surface area contributed by atoms with Crippen LogP contribution in [0.15, 0.2) is 149 Å². The highest BCUT2D eigenvalue weighted by Crippen LogP contribution is 2.35. The number of hydrogen-bond donors (Lipinski definition) is 1. The molecule has 7 rings (SSSR count). The fourth-order valence-corrected chi connectivity index (χ4v) is 5.94. The fourth-order valence-electron chi connectivity index (χ4n) is 5.94. The highest BCUT2D eigenvalue weighted by molar-refractivity contribution is 6.29. The van der Waals surface area contributed by atoms with Gasteiger partial charge in [0.15, 0.2) is 5.84 Å². The summed E-state index contributed by atoms with van der Waals surface area (Å²) in [5.74, 6) is 2.75.